The zero-order valence-electron chi connectivity index (χ0n) is 9.28. The Morgan fingerprint density at radius 2 is 2.43 bits per heavy atom. The summed E-state index contributed by atoms with van der Waals surface area (Å²) in [5, 5.41) is 8.96. The zero-order chi connectivity index (χ0) is 9.42. The van der Waals surface area contributed by atoms with E-state index < -0.39 is 5.97 Å². The summed E-state index contributed by atoms with van der Waals surface area (Å²) < 4.78 is 0. The third-order valence-corrected chi connectivity index (χ3v) is 3.25. The van der Waals surface area contributed by atoms with Crippen molar-refractivity contribution < 1.29 is 30.2 Å². The molecular weight excluding hydrogens is 195 g/mol. The SMILES string of the molecule is CN1CCc2sc(C(=O)O)nc2C1.[H-].[Li+]. The molecule has 0 amide bonds. The molecule has 1 aliphatic heterocycles. The summed E-state index contributed by atoms with van der Waals surface area (Å²) in [7, 11) is 2.02. The average molecular weight is 206 g/mol. The Kier molecular flexibility index (Phi) is 3.73. The fourth-order valence-electron chi connectivity index (χ4n) is 1.42. The van der Waals surface area contributed by atoms with Crippen LogP contribution < -0.4 is 18.9 Å². The molecule has 0 bridgehead atoms. The summed E-state index contributed by atoms with van der Waals surface area (Å²) in [6.45, 7) is 1.77. The van der Waals surface area contributed by atoms with Gasteiger partial charge in [-0.05, 0) is 13.5 Å². The van der Waals surface area contributed by atoms with Gasteiger partial charge < -0.3 is 11.4 Å². The maximum Gasteiger partial charge on any atom is 1.00 e. The van der Waals surface area contributed by atoms with E-state index in [2.05, 4.69) is 9.88 Å². The standard InChI is InChI=1S/C8H10N2O2S.Li.H/c1-10-3-2-6-5(4-10)9-7(13-6)8(11)12;;/h2-4H2,1H3,(H,11,12);;/q;+1;-1. The van der Waals surface area contributed by atoms with Gasteiger partial charge in [-0.15, -0.1) is 11.3 Å². The zero-order valence-corrected chi connectivity index (χ0v) is 9.10. The third-order valence-electron chi connectivity index (χ3n) is 2.10. The first kappa shape index (κ1) is 11.7. The van der Waals surface area contributed by atoms with Crippen LogP contribution in [0.1, 0.15) is 21.8 Å². The van der Waals surface area contributed by atoms with E-state index in [1.807, 2.05) is 7.05 Å². The molecule has 14 heavy (non-hydrogen) atoms. The van der Waals surface area contributed by atoms with Crippen molar-refractivity contribution in [2.24, 2.45) is 0 Å². The van der Waals surface area contributed by atoms with Gasteiger partial charge >= 0.3 is 24.8 Å². The molecule has 0 unspecified atom stereocenters. The van der Waals surface area contributed by atoms with E-state index in [-0.39, 0.29) is 25.3 Å². The molecule has 0 radical (unpaired) electrons. The van der Waals surface area contributed by atoms with Gasteiger partial charge in [-0.2, -0.15) is 0 Å². The minimum absolute atomic E-state index is 0. The molecule has 1 aromatic heterocycles. The van der Waals surface area contributed by atoms with Gasteiger partial charge in [0.2, 0.25) is 5.01 Å². The van der Waals surface area contributed by atoms with Gasteiger partial charge in [0.05, 0.1) is 5.69 Å². The van der Waals surface area contributed by atoms with Gasteiger partial charge in [0.25, 0.3) is 0 Å². The minimum atomic E-state index is -0.915. The van der Waals surface area contributed by atoms with Crippen molar-refractivity contribution in [2.75, 3.05) is 13.6 Å². The molecule has 0 atom stereocenters. The third kappa shape index (κ3) is 2.18. The summed E-state index contributed by atoms with van der Waals surface area (Å²) in [5.41, 5.74) is 0.941. The minimum Gasteiger partial charge on any atom is -1.00 e. The van der Waals surface area contributed by atoms with Gasteiger partial charge in [-0.25, -0.2) is 9.78 Å². The number of rotatable bonds is 1. The Hall–Kier alpha value is -0.343. The van der Waals surface area contributed by atoms with E-state index >= 15 is 0 Å². The van der Waals surface area contributed by atoms with Crippen LogP contribution in [0.3, 0.4) is 0 Å². The first-order valence-electron chi connectivity index (χ1n) is 4.07. The molecule has 2 rings (SSSR count). The number of hydrogen-bond donors (Lipinski definition) is 1. The van der Waals surface area contributed by atoms with Crippen molar-refractivity contribution in [1.29, 1.82) is 0 Å². The Bertz CT molecular complexity index is 358. The van der Waals surface area contributed by atoms with E-state index in [1.165, 1.54) is 11.3 Å². The van der Waals surface area contributed by atoms with Crippen LogP contribution in [0, 0.1) is 0 Å². The molecule has 1 aliphatic rings. The van der Waals surface area contributed by atoms with Gasteiger partial charge in [0, 0.05) is 18.0 Å². The molecular formula is C8H11LiN2O2S. The van der Waals surface area contributed by atoms with Crippen molar-refractivity contribution in [1.82, 2.24) is 9.88 Å². The number of hydrogen-bond acceptors (Lipinski definition) is 4. The molecule has 0 aromatic carbocycles. The van der Waals surface area contributed by atoms with Crippen LogP contribution in [0.25, 0.3) is 0 Å². The number of aromatic nitrogens is 1. The van der Waals surface area contributed by atoms with Crippen molar-refractivity contribution in [3.05, 3.63) is 15.6 Å². The quantitative estimate of drug-likeness (QED) is 0.537. The van der Waals surface area contributed by atoms with E-state index in [4.69, 9.17) is 5.11 Å². The second-order valence-electron chi connectivity index (χ2n) is 3.18. The van der Waals surface area contributed by atoms with Crippen LogP contribution in [-0.4, -0.2) is 34.6 Å². The van der Waals surface area contributed by atoms with E-state index in [0.717, 1.165) is 30.1 Å². The van der Waals surface area contributed by atoms with Crippen molar-refractivity contribution in [2.45, 2.75) is 13.0 Å². The Morgan fingerprint density at radius 3 is 3.07 bits per heavy atom. The van der Waals surface area contributed by atoms with Crippen LogP contribution in [-0.2, 0) is 13.0 Å². The predicted octanol–water partition coefficient (Wildman–Crippen LogP) is -2.05. The van der Waals surface area contributed by atoms with Gasteiger partial charge in [-0.1, -0.05) is 0 Å². The summed E-state index contributed by atoms with van der Waals surface area (Å²) in [5.74, 6) is -0.915. The second kappa shape index (κ2) is 4.45. The molecule has 0 saturated heterocycles. The monoisotopic (exact) mass is 206 g/mol. The summed E-state index contributed by atoms with van der Waals surface area (Å²) in [6.07, 6.45) is 0.927. The summed E-state index contributed by atoms with van der Waals surface area (Å²) in [4.78, 5) is 18.0. The van der Waals surface area contributed by atoms with Gasteiger partial charge in [-0.3, -0.25) is 0 Å². The molecule has 6 heteroatoms. The maximum absolute atomic E-state index is 10.6. The Labute approximate surface area is 99.6 Å². The molecule has 1 N–H and O–H groups in total. The first-order chi connectivity index (χ1) is 6.16. The van der Waals surface area contributed by atoms with Crippen molar-refractivity contribution >= 4 is 17.3 Å². The molecule has 4 nitrogen and oxygen atoms in total. The fourth-order valence-corrected chi connectivity index (χ4v) is 2.32. The van der Waals surface area contributed by atoms with Gasteiger partial charge in [0.1, 0.15) is 0 Å². The van der Waals surface area contributed by atoms with Crippen LogP contribution in [0.15, 0.2) is 0 Å². The smallest absolute Gasteiger partial charge is 1.00 e. The number of nitrogens with zero attached hydrogens (tertiary/aromatic N) is 2. The molecule has 2 heterocycles. The number of thiazole rings is 1. The molecule has 0 saturated carbocycles. The number of fused-ring (bicyclic) bond motifs is 1. The van der Waals surface area contributed by atoms with Crippen LogP contribution in [0.4, 0.5) is 0 Å². The molecule has 1 aromatic rings. The first-order valence-corrected chi connectivity index (χ1v) is 4.89. The molecule has 0 spiro atoms. The summed E-state index contributed by atoms with van der Waals surface area (Å²) in [6, 6.07) is 0. The van der Waals surface area contributed by atoms with Crippen LogP contribution in [0.5, 0.6) is 0 Å². The normalized spacial score (nSPS) is 15.8. The number of carboxylic acids is 1. The van der Waals surface area contributed by atoms with E-state index in [9.17, 15) is 4.79 Å². The number of carbonyl (C=O) groups is 1. The summed E-state index contributed by atoms with van der Waals surface area (Å²) >= 11 is 1.31. The molecule has 0 aliphatic carbocycles. The fraction of sp³-hybridized carbons (Fsp3) is 0.500. The van der Waals surface area contributed by atoms with Crippen molar-refractivity contribution in [3.63, 3.8) is 0 Å². The number of likely N-dealkylation sites (N-methyl/N-ethyl adjacent to an activating group) is 1. The van der Waals surface area contributed by atoms with Crippen LogP contribution in [0.2, 0.25) is 0 Å². The maximum atomic E-state index is 10.6. The second-order valence-corrected chi connectivity index (χ2v) is 4.27. The molecule has 72 valence electrons. The number of carboxylic acid groups (broad SMARTS) is 1. The predicted molar refractivity (Wildman–Crippen MR) is 50.2 cm³/mol. The average Bonchev–Trinajstić information content (AvgIpc) is 2.46. The van der Waals surface area contributed by atoms with E-state index in [0.29, 0.717) is 0 Å². The molecule has 0 fully saturated rings. The Balaban J connectivity index is 0.000000980. The Morgan fingerprint density at radius 1 is 1.71 bits per heavy atom. The topological polar surface area (TPSA) is 53.4 Å². The van der Waals surface area contributed by atoms with Crippen LogP contribution >= 0.6 is 11.3 Å². The van der Waals surface area contributed by atoms with Crippen molar-refractivity contribution in [3.8, 4) is 0 Å². The number of aromatic carboxylic acids is 1. The van der Waals surface area contributed by atoms with Gasteiger partial charge in [0.15, 0.2) is 0 Å². The van der Waals surface area contributed by atoms with E-state index in [1.54, 1.807) is 0 Å². The largest absolute Gasteiger partial charge is 1.00 e.